The van der Waals surface area contributed by atoms with Gasteiger partial charge in [-0.3, -0.25) is 5.32 Å². The summed E-state index contributed by atoms with van der Waals surface area (Å²) >= 11 is 2.99. The predicted molar refractivity (Wildman–Crippen MR) is 61.6 cm³/mol. The zero-order valence-corrected chi connectivity index (χ0v) is 10.3. The van der Waals surface area contributed by atoms with Gasteiger partial charge in [0.1, 0.15) is 0 Å². The third-order valence-electron chi connectivity index (χ3n) is 1.32. The van der Waals surface area contributed by atoms with E-state index >= 15 is 0 Å². The molecule has 84 valence electrons. The molecule has 0 saturated carbocycles. The lowest BCUT2D eigenvalue weighted by Gasteiger charge is -1.99. The molecule has 1 amide bonds. The average molecular weight is 247 g/mol. The van der Waals surface area contributed by atoms with Crippen LogP contribution in [0.5, 0.6) is 0 Å². The van der Waals surface area contributed by atoms with E-state index in [9.17, 15) is 4.79 Å². The first-order chi connectivity index (χ1) is 7.26. The Labute approximate surface area is 96.6 Å². The molecule has 1 aromatic rings. The lowest BCUT2D eigenvalue weighted by atomic mass is 10.6. The predicted octanol–water partition coefficient (Wildman–Crippen LogP) is 2.61. The number of carbonyl (C=O) groups is 1. The van der Waals surface area contributed by atoms with Crippen molar-refractivity contribution in [1.82, 2.24) is 10.2 Å². The summed E-state index contributed by atoms with van der Waals surface area (Å²) in [4.78, 5) is 11.0. The lowest BCUT2D eigenvalue weighted by Crippen LogP contribution is -2.12. The summed E-state index contributed by atoms with van der Waals surface area (Å²) in [6, 6.07) is 0. The van der Waals surface area contributed by atoms with Crippen LogP contribution in [0.25, 0.3) is 0 Å². The summed E-state index contributed by atoms with van der Waals surface area (Å²) in [5, 5.41) is 10.7. The second kappa shape index (κ2) is 6.62. The highest BCUT2D eigenvalue weighted by Crippen LogP contribution is 2.25. The number of carbonyl (C=O) groups excluding carboxylic acids is 1. The summed E-state index contributed by atoms with van der Waals surface area (Å²) in [6.45, 7) is 4.20. The van der Waals surface area contributed by atoms with Crippen LogP contribution in [0.4, 0.5) is 9.93 Å². The Hall–Kier alpha value is -0.820. The van der Waals surface area contributed by atoms with Gasteiger partial charge >= 0.3 is 6.09 Å². The van der Waals surface area contributed by atoms with Crippen LogP contribution in [0.2, 0.25) is 0 Å². The molecule has 0 aliphatic rings. The number of aromatic nitrogens is 2. The van der Waals surface area contributed by atoms with Crippen LogP contribution >= 0.6 is 23.1 Å². The smallest absolute Gasteiger partial charge is 0.413 e. The quantitative estimate of drug-likeness (QED) is 0.640. The molecule has 0 aliphatic heterocycles. The van der Waals surface area contributed by atoms with Crippen LogP contribution in [0, 0.1) is 0 Å². The number of nitrogens with zero attached hydrogens (tertiary/aromatic N) is 2. The molecule has 1 aromatic heterocycles. The van der Waals surface area contributed by atoms with Gasteiger partial charge in [-0.15, -0.1) is 10.2 Å². The Morgan fingerprint density at radius 1 is 1.53 bits per heavy atom. The first-order valence-corrected chi connectivity index (χ1v) is 6.46. The van der Waals surface area contributed by atoms with Gasteiger partial charge in [0.2, 0.25) is 5.13 Å². The minimum Gasteiger partial charge on any atom is -0.450 e. The van der Waals surface area contributed by atoms with Crippen molar-refractivity contribution in [3.8, 4) is 0 Å². The summed E-state index contributed by atoms with van der Waals surface area (Å²) in [5.41, 5.74) is 0. The minimum atomic E-state index is -0.485. The van der Waals surface area contributed by atoms with Crippen LogP contribution in [-0.2, 0) is 4.74 Å². The highest BCUT2D eigenvalue weighted by molar-refractivity contribution is 8.01. The lowest BCUT2D eigenvalue weighted by molar-refractivity contribution is 0.168. The highest BCUT2D eigenvalue weighted by atomic mass is 32.2. The van der Waals surface area contributed by atoms with E-state index in [1.54, 1.807) is 18.7 Å². The van der Waals surface area contributed by atoms with Crippen molar-refractivity contribution < 1.29 is 9.53 Å². The highest BCUT2D eigenvalue weighted by Gasteiger charge is 2.08. The molecule has 1 N–H and O–H groups in total. The van der Waals surface area contributed by atoms with E-state index in [0.29, 0.717) is 11.7 Å². The summed E-state index contributed by atoms with van der Waals surface area (Å²) < 4.78 is 5.58. The standard InChI is InChI=1S/C8H13N3O2S2/c1-3-5-14-8-11-10-6(15-8)9-7(12)13-4-2/h3-5H2,1-2H3,(H,9,10,12). The number of hydrogen-bond acceptors (Lipinski definition) is 6. The normalized spacial score (nSPS) is 10.0. The van der Waals surface area contributed by atoms with Crippen LogP contribution in [-0.4, -0.2) is 28.7 Å². The van der Waals surface area contributed by atoms with Gasteiger partial charge in [-0.1, -0.05) is 30.0 Å². The third-order valence-corrected chi connectivity index (χ3v) is 3.50. The van der Waals surface area contributed by atoms with Gasteiger partial charge in [0, 0.05) is 5.75 Å². The maximum absolute atomic E-state index is 11.0. The molecule has 0 radical (unpaired) electrons. The molecule has 15 heavy (non-hydrogen) atoms. The van der Waals surface area contributed by atoms with Crippen molar-refractivity contribution in [3.05, 3.63) is 0 Å². The van der Waals surface area contributed by atoms with Crippen molar-refractivity contribution in [1.29, 1.82) is 0 Å². The average Bonchev–Trinajstić information content (AvgIpc) is 2.63. The maximum atomic E-state index is 11.0. The fraction of sp³-hybridized carbons (Fsp3) is 0.625. The van der Waals surface area contributed by atoms with Gasteiger partial charge in [0.15, 0.2) is 4.34 Å². The molecule has 1 heterocycles. The van der Waals surface area contributed by atoms with Crippen LogP contribution in [0.3, 0.4) is 0 Å². The fourth-order valence-corrected chi connectivity index (χ4v) is 2.43. The van der Waals surface area contributed by atoms with E-state index in [1.165, 1.54) is 11.3 Å². The topological polar surface area (TPSA) is 64.1 Å². The Morgan fingerprint density at radius 3 is 3.00 bits per heavy atom. The summed E-state index contributed by atoms with van der Waals surface area (Å²) in [5.74, 6) is 1.01. The molecule has 7 heteroatoms. The fourth-order valence-electron chi connectivity index (χ4n) is 0.762. The number of rotatable bonds is 5. The molecule has 5 nitrogen and oxygen atoms in total. The zero-order valence-electron chi connectivity index (χ0n) is 8.65. The van der Waals surface area contributed by atoms with Gasteiger partial charge in [0.05, 0.1) is 6.61 Å². The van der Waals surface area contributed by atoms with E-state index in [0.717, 1.165) is 16.5 Å². The van der Waals surface area contributed by atoms with Crippen LogP contribution < -0.4 is 5.32 Å². The van der Waals surface area contributed by atoms with Gasteiger partial charge < -0.3 is 4.74 Å². The molecular weight excluding hydrogens is 234 g/mol. The second-order valence-electron chi connectivity index (χ2n) is 2.57. The molecule has 1 rings (SSSR count). The molecule has 0 saturated heterocycles. The van der Waals surface area contributed by atoms with Crippen molar-refractivity contribution in [2.75, 3.05) is 17.7 Å². The first-order valence-electron chi connectivity index (χ1n) is 4.66. The van der Waals surface area contributed by atoms with Gasteiger partial charge in [-0.2, -0.15) is 0 Å². The number of thioether (sulfide) groups is 1. The van der Waals surface area contributed by atoms with E-state index in [1.807, 2.05) is 0 Å². The Kier molecular flexibility index (Phi) is 5.41. The van der Waals surface area contributed by atoms with Crippen molar-refractivity contribution in [2.45, 2.75) is 24.6 Å². The second-order valence-corrected chi connectivity index (χ2v) is 4.89. The Balaban J connectivity index is 2.42. The largest absolute Gasteiger partial charge is 0.450 e. The third kappa shape index (κ3) is 4.48. The Bertz CT molecular complexity index is 317. The number of nitrogens with one attached hydrogen (secondary N) is 1. The van der Waals surface area contributed by atoms with Crippen LogP contribution in [0.15, 0.2) is 4.34 Å². The van der Waals surface area contributed by atoms with Crippen molar-refractivity contribution in [2.24, 2.45) is 0 Å². The zero-order chi connectivity index (χ0) is 11.1. The van der Waals surface area contributed by atoms with Crippen molar-refractivity contribution in [3.63, 3.8) is 0 Å². The molecule has 0 spiro atoms. The summed E-state index contributed by atoms with van der Waals surface area (Å²) in [7, 11) is 0. The van der Waals surface area contributed by atoms with Gasteiger partial charge in [0.25, 0.3) is 0 Å². The number of anilines is 1. The summed E-state index contributed by atoms with van der Waals surface area (Å²) in [6.07, 6.45) is 0.603. The molecule has 0 aliphatic carbocycles. The van der Waals surface area contributed by atoms with Crippen LogP contribution in [0.1, 0.15) is 20.3 Å². The number of amides is 1. The number of hydrogen-bond donors (Lipinski definition) is 1. The molecular formula is C8H13N3O2S2. The van der Waals surface area contributed by atoms with E-state index in [4.69, 9.17) is 4.74 Å². The minimum absolute atomic E-state index is 0.349. The molecule has 0 aromatic carbocycles. The Morgan fingerprint density at radius 2 is 2.33 bits per heavy atom. The number of ether oxygens (including phenoxy) is 1. The van der Waals surface area contributed by atoms with Gasteiger partial charge in [-0.05, 0) is 13.3 Å². The van der Waals surface area contributed by atoms with Gasteiger partial charge in [-0.25, -0.2) is 4.79 Å². The van der Waals surface area contributed by atoms with E-state index in [2.05, 4.69) is 22.4 Å². The van der Waals surface area contributed by atoms with E-state index < -0.39 is 6.09 Å². The monoisotopic (exact) mass is 247 g/mol. The first kappa shape index (κ1) is 12.3. The molecule has 0 fully saturated rings. The molecule has 0 atom stereocenters. The maximum Gasteiger partial charge on any atom is 0.413 e. The molecule has 0 unspecified atom stereocenters. The van der Waals surface area contributed by atoms with Crippen molar-refractivity contribution >= 4 is 34.3 Å². The SMILES string of the molecule is CCCSc1nnc(NC(=O)OCC)s1. The van der Waals surface area contributed by atoms with E-state index in [-0.39, 0.29) is 0 Å². The molecule has 0 bridgehead atoms.